The van der Waals surface area contributed by atoms with Crippen LogP contribution in [-0.2, 0) is 9.59 Å². The van der Waals surface area contributed by atoms with Gasteiger partial charge in [0.1, 0.15) is 18.4 Å². The zero-order valence-corrected chi connectivity index (χ0v) is 15.6. The quantitative estimate of drug-likeness (QED) is 0.743. The van der Waals surface area contributed by atoms with E-state index in [2.05, 4.69) is 0 Å². The van der Waals surface area contributed by atoms with E-state index in [4.69, 9.17) is 0 Å². The van der Waals surface area contributed by atoms with Gasteiger partial charge in [0.2, 0.25) is 5.91 Å². The molecule has 1 heterocycles. The molecule has 2 amide bonds. The van der Waals surface area contributed by atoms with E-state index >= 15 is 0 Å². The van der Waals surface area contributed by atoms with Crippen LogP contribution in [0.2, 0.25) is 0 Å². The molecule has 1 aliphatic heterocycles. The van der Waals surface area contributed by atoms with Gasteiger partial charge in [0.05, 0.1) is 0 Å². The fourth-order valence-corrected chi connectivity index (χ4v) is 4.21. The van der Waals surface area contributed by atoms with E-state index in [1.165, 1.54) is 18.9 Å². The molecule has 3 rings (SSSR count). The monoisotopic (exact) mass is 360 g/mol. The summed E-state index contributed by atoms with van der Waals surface area (Å²) in [5.74, 6) is -0.587. The molecule has 1 atom stereocenters. The normalized spacial score (nSPS) is 22.6. The number of hydrogen-bond acceptors (Lipinski definition) is 2. The van der Waals surface area contributed by atoms with Crippen molar-refractivity contribution in [2.24, 2.45) is 0 Å². The molecule has 4 nitrogen and oxygen atoms in total. The first-order valence-corrected chi connectivity index (χ1v) is 9.98. The fourth-order valence-electron chi connectivity index (χ4n) is 4.21. The third-order valence-electron chi connectivity index (χ3n) is 5.67. The standard InChI is InChI=1S/C21H29FN2O2/c1-2-3-14-23-19(25)15-24(16-10-6-4-5-7-11-16)21(26)20(23)17-12-8-9-13-18(17)22/h8-9,12-13,16,20H,2-7,10-11,14-15H2,1H3/t20-/m1/s1. The van der Waals surface area contributed by atoms with Crippen molar-refractivity contribution in [1.29, 1.82) is 0 Å². The van der Waals surface area contributed by atoms with Gasteiger partial charge in [-0.15, -0.1) is 0 Å². The second kappa shape index (κ2) is 8.65. The van der Waals surface area contributed by atoms with Gasteiger partial charge >= 0.3 is 0 Å². The summed E-state index contributed by atoms with van der Waals surface area (Å²) in [6.45, 7) is 2.68. The Bertz CT molecular complexity index is 641. The van der Waals surface area contributed by atoms with Crippen LogP contribution in [0.15, 0.2) is 24.3 Å². The second-order valence-electron chi connectivity index (χ2n) is 7.48. The van der Waals surface area contributed by atoms with Crippen molar-refractivity contribution in [3.63, 3.8) is 0 Å². The molecule has 0 radical (unpaired) electrons. The topological polar surface area (TPSA) is 40.6 Å². The molecule has 0 N–H and O–H groups in total. The Morgan fingerprint density at radius 1 is 1.08 bits per heavy atom. The molecule has 1 saturated heterocycles. The maximum atomic E-state index is 14.5. The molecule has 0 spiro atoms. The highest BCUT2D eigenvalue weighted by molar-refractivity contribution is 5.95. The molecule has 1 aromatic carbocycles. The maximum Gasteiger partial charge on any atom is 0.250 e. The Morgan fingerprint density at radius 2 is 1.77 bits per heavy atom. The number of rotatable bonds is 5. The van der Waals surface area contributed by atoms with Gasteiger partial charge < -0.3 is 9.80 Å². The summed E-state index contributed by atoms with van der Waals surface area (Å²) >= 11 is 0. The lowest BCUT2D eigenvalue weighted by atomic mass is 9.97. The van der Waals surface area contributed by atoms with Crippen LogP contribution in [0, 0.1) is 5.82 Å². The third kappa shape index (κ3) is 3.92. The third-order valence-corrected chi connectivity index (χ3v) is 5.67. The molecular formula is C21H29FN2O2. The molecule has 1 aromatic rings. The average Bonchev–Trinajstić information content (AvgIpc) is 2.92. The van der Waals surface area contributed by atoms with Crippen LogP contribution in [0.1, 0.15) is 69.9 Å². The molecule has 0 aromatic heterocycles. The van der Waals surface area contributed by atoms with Crippen molar-refractivity contribution < 1.29 is 14.0 Å². The van der Waals surface area contributed by atoms with Crippen LogP contribution in [-0.4, -0.2) is 40.7 Å². The van der Waals surface area contributed by atoms with Gasteiger partial charge in [-0.1, -0.05) is 57.2 Å². The number of benzene rings is 1. The summed E-state index contributed by atoms with van der Waals surface area (Å²) in [4.78, 5) is 29.6. The first-order valence-electron chi connectivity index (χ1n) is 9.98. The van der Waals surface area contributed by atoms with E-state index in [1.807, 2.05) is 6.92 Å². The summed E-state index contributed by atoms with van der Waals surface area (Å²) in [5, 5.41) is 0. The van der Waals surface area contributed by atoms with Crippen LogP contribution in [0.5, 0.6) is 0 Å². The molecule has 1 aliphatic carbocycles. The van der Waals surface area contributed by atoms with Gasteiger partial charge in [0.25, 0.3) is 5.91 Å². The van der Waals surface area contributed by atoms with E-state index < -0.39 is 11.9 Å². The van der Waals surface area contributed by atoms with E-state index in [0.29, 0.717) is 12.1 Å². The first-order chi connectivity index (χ1) is 12.6. The van der Waals surface area contributed by atoms with Gasteiger partial charge in [-0.05, 0) is 25.3 Å². The Kier molecular flexibility index (Phi) is 6.28. The van der Waals surface area contributed by atoms with Crippen LogP contribution < -0.4 is 0 Å². The van der Waals surface area contributed by atoms with E-state index in [1.54, 1.807) is 28.0 Å². The summed E-state index contributed by atoms with van der Waals surface area (Å²) in [7, 11) is 0. The van der Waals surface area contributed by atoms with Gasteiger partial charge in [-0.25, -0.2) is 4.39 Å². The number of nitrogens with zero attached hydrogens (tertiary/aromatic N) is 2. The highest BCUT2D eigenvalue weighted by Crippen LogP contribution is 2.33. The number of unbranched alkanes of at least 4 members (excludes halogenated alkanes) is 1. The van der Waals surface area contributed by atoms with Gasteiger partial charge in [-0.3, -0.25) is 9.59 Å². The number of piperazine rings is 1. The van der Waals surface area contributed by atoms with Gasteiger partial charge in [0, 0.05) is 18.2 Å². The first kappa shape index (κ1) is 18.9. The van der Waals surface area contributed by atoms with Crippen molar-refractivity contribution in [2.75, 3.05) is 13.1 Å². The number of halogens is 1. The minimum Gasteiger partial charge on any atom is -0.328 e. The fraction of sp³-hybridized carbons (Fsp3) is 0.619. The minimum absolute atomic E-state index is 0.0597. The molecule has 142 valence electrons. The summed E-state index contributed by atoms with van der Waals surface area (Å²) in [6, 6.07) is 5.64. The smallest absolute Gasteiger partial charge is 0.250 e. The Balaban J connectivity index is 1.92. The second-order valence-corrected chi connectivity index (χ2v) is 7.48. The molecule has 1 saturated carbocycles. The van der Waals surface area contributed by atoms with Crippen molar-refractivity contribution >= 4 is 11.8 Å². The predicted octanol–water partition coefficient (Wildman–Crippen LogP) is 4.06. The molecule has 0 unspecified atom stereocenters. The average molecular weight is 360 g/mol. The van der Waals surface area contributed by atoms with Crippen LogP contribution in [0.3, 0.4) is 0 Å². The number of carbonyl (C=O) groups is 2. The molecule has 5 heteroatoms. The SMILES string of the molecule is CCCCN1C(=O)CN(C2CCCCCC2)C(=O)[C@H]1c1ccccc1F. The molecular weight excluding hydrogens is 331 g/mol. The van der Waals surface area contributed by atoms with Crippen molar-refractivity contribution in [3.05, 3.63) is 35.6 Å². The van der Waals surface area contributed by atoms with Gasteiger partial charge in [-0.2, -0.15) is 0 Å². The lowest BCUT2D eigenvalue weighted by Gasteiger charge is -2.43. The lowest BCUT2D eigenvalue weighted by molar-refractivity contribution is -0.159. The Labute approximate surface area is 155 Å². The summed E-state index contributed by atoms with van der Waals surface area (Å²) in [6.07, 6.45) is 8.18. The molecule has 2 fully saturated rings. The number of hydrogen-bond donors (Lipinski definition) is 0. The Morgan fingerprint density at radius 3 is 2.42 bits per heavy atom. The van der Waals surface area contributed by atoms with Crippen molar-refractivity contribution in [3.8, 4) is 0 Å². The molecule has 0 bridgehead atoms. The Hall–Kier alpha value is -1.91. The largest absolute Gasteiger partial charge is 0.328 e. The van der Waals surface area contributed by atoms with Crippen LogP contribution in [0.4, 0.5) is 4.39 Å². The predicted molar refractivity (Wildman–Crippen MR) is 99.0 cm³/mol. The van der Waals surface area contributed by atoms with E-state index in [0.717, 1.165) is 38.5 Å². The van der Waals surface area contributed by atoms with E-state index in [9.17, 15) is 14.0 Å². The van der Waals surface area contributed by atoms with E-state index in [-0.39, 0.29) is 24.4 Å². The highest BCUT2D eigenvalue weighted by Gasteiger charge is 2.43. The van der Waals surface area contributed by atoms with Crippen LogP contribution in [0.25, 0.3) is 0 Å². The van der Waals surface area contributed by atoms with Gasteiger partial charge in [0.15, 0.2) is 0 Å². The van der Waals surface area contributed by atoms with Crippen molar-refractivity contribution in [2.45, 2.75) is 70.4 Å². The summed E-state index contributed by atoms with van der Waals surface area (Å²) < 4.78 is 14.5. The maximum absolute atomic E-state index is 14.5. The molecule has 2 aliphatic rings. The zero-order valence-electron chi connectivity index (χ0n) is 15.6. The zero-order chi connectivity index (χ0) is 18.5. The van der Waals surface area contributed by atoms with Crippen LogP contribution >= 0.6 is 0 Å². The molecule has 26 heavy (non-hydrogen) atoms. The minimum atomic E-state index is -0.827. The number of carbonyl (C=O) groups excluding carboxylic acids is 2. The lowest BCUT2D eigenvalue weighted by Crippen LogP contribution is -2.58. The summed E-state index contributed by atoms with van der Waals surface area (Å²) in [5.41, 5.74) is 0.320. The van der Waals surface area contributed by atoms with Crippen molar-refractivity contribution in [1.82, 2.24) is 9.80 Å². The highest BCUT2D eigenvalue weighted by atomic mass is 19.1. The number of amides is 2.